The highest BCUT2D eigenvalue weighted by Crippen LogP contribution is 2.32. The smallest absolute Gasteiger partial charge is 0.338 e. The van der Waals surface area contributed by atoms with Crippen molar-refractivity contribution in [3.05, 3.63) is 46.9 Å². The van der Waals surface area contributed by atoms with Gasteiger partial charge in [-0.3, -0.25) is 9.80 Å². The fraction of sp³-hybridized carbons (Fsp3) is 0.522. The van der Waals surface area contributed by atoms with Gasteiger partial charge >= 0.3 is 18.0 Å². The standard InChI is InChI=1S/C23H32FN5O4/c1-4-25-22(31)29-12-8-11-28(13-14-29)15-18-19(21(30)33-5-2)20(26-23(32)27(18)3)16-9-6-7-10-17(16)24/h6-7,9-10,20H,4-5,8,11-15H2,1-3H3,(H,25,31)(H,26,32). The molecule has 4 amide bonds. The Morgan fingerprint density at radius 1 is 1.18 bits per heavy atom. The predicted octanol–water partition coefficient (Wildman–Crippen LogP) is 2.08. The Bertz CT molecular complexity index is 922. The van der Waals surface area contributed by atoms with Gasteiger partial charge < -0.3 is 20.3 Å². The lowest BCUT2D eigenvalue weighted by Crippen LogP contribution is -2.49. The molecule has 0 spiro atoms. The molecule has 1 aromatic rings. The van der Waals surface area contributed by atoms with Crippen LogP contribution in [0.25, 0.3) is 0 Å². The molecule has 33 heavy (non-hydrogen) atoms. The number of benzene rings is 1. The van der Waals surface area contributed by atoms with Gasteiger partial charge in [-0.2, -0.15) is 0 Å². The van der Waals surface area contributed by atoms with Crippen molar-refractivity contribution in [2.24, 2.45) is 0 Å². The number of esters is 1. The van der Waals surface area contributed by atoms with Crippen LogP contribution in [0, 0.1) is 5.82 Å². The molecular formula is C23H32FN5O4. The number of nitrogens with zero attached hydrogens (tertiary/aromatic N) is 3. The van der Waals surface area contributed by atoms with Crippen LogP contribution in [0.1, 0.15) is 31.9 Å². The normalized spacial score (nSPS) is 19.8. The second-order valence-corrected chi connectivity index (χ2v) is 8.00. The molecule has 1 aromatic carbocycles. The van der Waals surface area contributed by atoms with E-state index in [1.54, 1.807) is 37.1 Å². The Balaban J connectivity index is 1.93. The first-order valence-corrected chi connectivity index (χ1v) is 11.3. The van der Waals surface area contributed by atoms with Crippen molar-refractivity contribution in [1.29, 1.82) is 0 Å². The van der Waals surface area contributed by atoms with E-state index in [4.69, 9.17) is 4.74 Å². The summed E-state index contributed by atoms with van der Waals surface area (Å²) in [6.45, 7) is 7.01. The fourth-order valence-electron chi connectivity index (χ4n) is 4.15. The van der Waals surface area contributed by atoms with Gasteiger partial charge in [-0.1, -0.05) is 18.2 Å². The largest absolute Gasteiger partial charge is 0.463 e. The van der Waals surface area contributed by atoms with Crippen molar-refractivity contribution in [3.8, 4) is 0 Å². The second kappa shape index (κ2) is 11.1. The number of hydrogen-bond donors (Lipinski definition) is 2. The number of likely N-dealkylation sites (N-methyl/N-ethyl adjacent to an activating group) is 1. The van der Waals surface area contributed by atoms with E-state index in [0.29, 0.717) is 45.0 Å². The maximum Gasteiger partial charge on any atom is 0.338 e. The van der Waals surface area contributed by atoms with Crippen LogP contribution in [0.3, 0.4) is 0 Å². The van der Waals surface area contributed by atoms with Crippen molar-refractivity contribution in [3.63, 3.8) is 0 Å². The molecule has 1 atom stereocenters. The van der Waals surface area contributed by atoms with E-state index < -0.39 is 23.9 Å². The van der Waals surface area contributed by atoms with E-state index in [2.05, 4.69) is 15.5 Å². The number of urea groups is 2. The van der Waals surface area contributed by atoms with E-state index in [-0.39, 0.29) is 23.8 Å². The summed E-state index contributed by atoms with van der Waals surface area (Å²) in [4.78, 5) is 43.3. The van der Waals surface area contributed by atoms with Crippen LogP contribution in [0.2, 0.25) is 0 Å². The zero-order valence-corrected chi connectivity index (χ0v) is 19.4. The summed E-state index contributed by atoms with van der Waals surface area (Å²) in [5.41, 5.74) is 0.892. The van der Waals surface area contributed by atoms with E-state index >= 15 is 0 Å². The van der Waals surface area contributed by atoms with Gasteiger partial charge in [0.25, 0.3) is 0 Å². The first-order chi connectivity index (χ1) is 15.9. The first kappa shape index (κ1) is 24.5. The van der Waals surface area contributed by atoms with Gasteiger partial charge in [0.05, 0.1) is 18.2 Å². The maximum absolute atomic E-state index is 14.6. The van der Waals surface area contributed by atoms with Crippen molar-refractivity contribution in [2.75, 3.05) is 52.9 Å². The quantitative estimate of drug-likeness (QED) is 0.633. The van der Waals surface area contributed by atoms with Crippen molar-refractivity contribution >= 4 is 18.0 Å². The van der Waals surface area contributed by atoms with Crippen LogP contribution in [0.15, 0.2) is 35.5 Å². The Labute approximate surface area is 193 Å². The molecule has 3 rings (SSSR count). The highest BCUT2D eigenvalue weighted by Gasteiger charge is 2.38. The summed E-state index contributed by atoms with van der Waals surface area (Å²) in [6.07, 6.45) is 0.756. The average molecular weight is 462 g/mol. The number of hydrogen-bond acceptors (Lipinski definition) is 5. The number of amides is 4. The maximum atomic E-state index is 14.6. The zero-order valence-electron chi connectivity index (χ0n) is 19.4. The lowest BCUT2D eigenvalue weighted by molar-refractivity contribution is -0.139. The van der Waals surface area contributed by atoms with Crippen molar-refractivity contribution in [1.82, 2.24) is 25.3 Å². The molecule has 0 saturated carbocycles. The third kappa shape index (κ3) is 5.62. The third-order valence-corrected chi connectivity index (χ3v) is 5.87. The zero-order chi connectivity index (χ0) is 24.0. The van der Waals surface area contributed by atoms with Gasteiger partial charge in [0.1, 0.15) is 5.82 Å². The lowest BCUT2D eigenvalue weighted by Gasteiger charge is -2.36. The summed E-state index contributed by atoms with van der Waals surface area (Å²) in [5.74, 6) is -1.10. The Hall–Kier alpha value is -3.14. The molecule has 10 heteroatoms. The molecule has 180 valence electrons. The SMILES string of the molecule is CCNC(=O)N1CCCN(CC2=C(C(=O)OCC)C(c3ccccc3F)NC(=O)N2C)CC1. The number of carbonyl (C=O) groups excluding carboxylic acids is 3. The third-order valence-electron chi connectivity index (χ3n) is 5.87. The molecule has 0 bridgehead atoms. The summed E-state index contributed by atoms with van der Waals surface area (Å²) < 4.78 is 19.9. The number of rotatable bonds is 6. The topological polar surface area (TPSA) is 94.2 Å². The summed E-state index contributed by atoms with van der Waals surface area (Å²) in [6, 6.07) is 4.59. The monoisotopic (exact) mass is 461 g/mol. The van der Waals surface area contributed by atoms with Gasteiger partial charge in [-0.05, 0) is 26.3 Å². The molecule has 0 aliphatic carbocycles. The summed E-state index contributed by atoms with van der Waals surface area (Å²) >= 11 is 0. The molecule has 9 nitrogen and oxygen atoms in total. The molecule has 0 radical (unpaired) electrons. The number of carbonyl (C=O) groups is 3. The van der Waals surface area contributed by atoms with E-state index in [0.717, 1.165) is 6.42 Å². The van der Waals surface area contributed by atoms with E-state index in [1.807, 2.05) is 6.92 Å². The first-order valence-electron chi connectivity index (χ1n) is 11.3. The van der Waals surface area contributed by atoms with Crippen LogP contribution in [-0.2, 0) is 9.53 Å². The molecule has 2 heterocycles. The van der Waals surface area contributed by atoms with Gasteiger partial charge in [-0.25, -0.2) is 18.8 Å². The molecule has 1 unspecified atom stereocenters. The van der Waals surface area contributed by atoms with Gasteiger partial charge in [0.15, 0.2) is 0 Å². The predicted molar refractivity (Wildman–Crippen MR) is 121 cm³/mol. The van der Waals surface area contributed by atoms with Crippen LogP contribution >= 0.6 is 0 Å². The molecule has 2 aliphatic rings. The summed E-state index contributed by atoms with van der Waals surface area (Å²) in [7, 11) is 1.58. The van der Waals surface area contributed by atoms with Crippen LogP contribution in [0.5, 0.6) is 0 Å². The molecule has 2 aliphatic heterocycles. The lowest BCUT2D eigenvalue weighted by atomic mass is 9.94. The molecule has 1 saturated heterocycles. The van der Waals surface area contributed by atoms with Crippen LogP contribution in [-0.4, -0.2) is 85.7 Å². The minimum atomic E-state index is -0.956. The van der Waals surface area contributed by atoms with Gasteiger partial charge in [-0.15, -0.1) is 0 Å². The second-order valence-electron chi connectivity index (χ2n) is 8.00. The minimum absolute atomic E-state index is 0.0976. The fourth-order valence-corrected chi connectivity index (χ4v) is 4.15. The Kier molecular flexibility index (Phi) is 8.26. The Morgan fingerprint density at radius 2 is 1.94 bits per heavy atom. The van der Waals surface area contributed by atoms with Crippen LogP contribution in [0.4, 0.5) is 14.0 Å². The highest BCUT2D eigenvalue weighted by atomic mass is 19.1. The number of nitrogens with one attached hydrogen (secondary N) is 2. The molecule has 1 fully saturated rings. The van der Waals surface area contributed by atoms with Crippen molar-refractivity contribution < 1.29 is 23.5 Å². The summed E-state index contributed by atoms with van der Waals surface area (Å²) in [5, 5.41) is 5.56. The van der Waals surface area contributed by atoms with Gasteiger partial charge in [0.2, 0.25) is 0 Å². The van der Waals surface area contributed by atoms with Gasteiger partial charge in [0, 0.05) is 57.6 Å². The van der Waals surface area contributed by atoms with E-state index in [1.165, 1.54) is 11.0 Å². The molecule has 0 aromatic heterocycles. The highest BCUT2D eigenvalue weighted by molar-refractivity contribution is 5.95. The van der Waals surface area contributed by atoms with Crippen LogP contribution < -0.4 is 10.6 Å². The Morgan fingerprint density at radius 3 is 2.64 bits per heavy atom. The van der Waals surface area contributed by atoms with E-state index in [9.17, 15) is 18.8 Å². The minimum Gasteiger partial charge on any atom is -0.463 e. The number of ether oxygens (including phenoxy) is 1. The average Bonchev–Trinajstić information content (AvgIpc) is 3.03. The molecular weight excluding hydrogens is 429 g/mol. The number of halogens is 1. The van der Waals surface area contributed by atoms with Crippen molar-refractivity contribution in [2.45, 2.75) is 26.3 Å². The molecule has 2 N–H and O–H groups in total.